The van der Waals surface area contributed by atoms with Gasteiger partial charge < -0.3 is 5.32 Å². The molecule has 0 unspecified atom stereocenters. The highest BCUT2D eigenvalue weighted by molar-refractivity contribution is 7.10. The Hall–Kier alpha value is -0.870. The quantitative estimate of drug-likeness (QED) is 0.906. The van der Waals surface area contributed by atoms with E-state index in [2.05, 4.69) is 28.6 Å². The van der Waals surface area contributed by atoms with Gasteiger partial charge in [-0.25, -0.2) is 0 Å². The summed E-state index contributed by atoms with van der Waals surface area (Å²) in [5.74, 6) is 2.93. The summed E-state index contributed by atoms with van der Waals surface area (Å²) in [4.78, 5) is 16.7. The summed E-state index contributed by atoms with van der Waals surface area (Å²) < 4.78 is 0. The molecule has 0 aromatic carbocycles. The maximum atomic E-state index is 12.8. The first-order valence-electron chi connectivity index (χ1n) is 9.71. The van der Waals surface area contributed by atoms with Crippen molar-refractivity contribution in [1.82, 2.24) is 10.2 Å². The fraction of sp³-hybridized carbons (Fsp3) is 0.750. The van der Waals surface area contributed by atoms with Crippen LogP contribution in [0.4, 0.5) is 0 Å². The van der Waals surface area contributed by atoms with Crippen molar-refractivity contribution < 1.29 is 4.79 Å². The van der Waals surface area contributed by atoms with Gasteiger partial charge in [0.15, 0.2) is 0 Å². The zero-order chi connectivity index (χ0) is 16.3. The molecule has 0 saturated heterocycles. The van der Waals surface area contributed by atoms with E-state index in [4.69, 9.17) is 0 Å². The van der Waals surface area contributed by atoms with Gasteiger partial charge in [0.2, 0.25) is 5.91 Å². The molecule has 4 fully saturated rings. The summed E-state index contributed by atoms with van der Waals surface area (Å²) in [7, 11) is 0. The molecule has 1 aromatic heterocycles. The van der Waals surface area contributed by atoms with E-state index in [1.807, 2.05) is 11.3 Å². The normalized spacial score (nSPS) is 40.5. The van der Waals surface area contributed by atoms with Crippen LogP contribution in [-0.4, -0.2) is 29.4 Å². The Labute approximate surface area is 148 Å². The van der Waals surface area contributed by atoms with E-state index in [1.165, 1.54) is 49.0 Å². The third-order valence-electron chi connectivity index (χ3n) is 7.19. The number of rotatable bonds is 3. The number of amides is 1. The smallest absolute Gasteiger partial charge is 0.234 e. The Morgan fingerprint density at radius 2 is 1.92 bits per heavy atom. The Kier molecular flexibility index (Phi) is 3.57. The summed E-state index contributed by atoms with van der Waals surface area (Å²) in [5, 5.41) is 5.73. The number of nitrogens with zero attached hydrogens (tertiary/aromatic N) is 1. The summed E-state index contributed by atoms with van der Waals surface area (Å²) in [6.07, 6.45) is 9.12. The molecule has 1 atom stereocenters. The zero-order valence-electron chi connectivity index (χ0n) is 14.6. The van der Waals surface area contributed by atoms with Crippen LogP contribution >= 0.6 is 11.3 Å². The molecule has 4 saturated carbocycles. The highest BCUT2D eigenvalue weighted by Crippen LogP contribution is 2.55. The molecule has 3 nitrogen and oxygen atoms in total. The third-order valence-corrected chi connectivity index (χ3v) is 8.19. The first-order chi connectivity index (χ1) is 11.6. The van der Waals surface area contributed by atoms with Gasteiger partial charge in [-0.2, -0.15) is 0 Å². The minimum absolute atomic E-state index is 0.151. The molecular formula is C20H28N2OS. The van der Waals surface area contributed by atoms with E-state index >= 15 is 0 Å². The molecule has 1 aromatic rings. The van der Waals surface area contributed by atoms with Crippen LogP contribution in [0.3, 0.4) is 0 Å². The van der Waals surface area contributed by atoms with Gasteiger partial charge in [-0.15, -0.1) is 11.3 Å². The van der Waals surface area contributed by atoms with E-state index in [-0.39, 0.29) is 11.4 Å². The number of hydrogen-bond acceptors (Lipinski definition) is 3. The Morgan fingerprint density at radius 1 is 1.25 bits per heavy atom. The Morgan fingerprint density at radius 3 is 2.58 bits per heavy atom. The fourth-order valence-corrected chi connectivity index (χ4v) is 7.52. The average molecular weight is 345 g/mol. The summed E-state index contributed by atoms with van der Waals surface area (Å²) >= 11 is 1.87. The molecule has 6 rings (SSSR count). The zero-order valence-corrected chi connectivity index (χ0v) is 15.4. The first kappa shape index (κ1) is 15.4. The average Bonchev–Trinajstić information content (AvgIpc) is 2.97. The van der Waals surface area contributed by atoms with Crippen LogP contribution in [0.1, 0.15) is 61.9 Å². The number of thiophene rings is 1. The van der Waals surface area contributed by atoms with Gasteiger partial charge in [0.05, 0.1) is 6.54 Å². The molecule has 5 aliphatic rings. The number of carbonyl (C=O) groups excluding carboxylic acids is 1. The second-order valence-corrected chi connectivity index (χ2v) is 9.94. The lowest BCUT2D eigenvalue weighted by molar-refractivity contribution is -0.128. The van der Waals surface area contributed by atoms with E-state index in [0.29, 0.717) is 12.6 Å². The van der Waals surface area contributed by atoms with Crippen LogP contribution in [-0.2, 0) is 11.2 Å². The molecule has 1 N–H and O–H groups in total. The summed E-state index contributed by atoms with van der Waals surface area (Å²) in [5.41, 5.74) is 1.59. The molecule has 0 spiro atoms. The van der Waals surface area contributed by atoms with Crippen LogP contribution in [0.15, 0.2) is 11.4 Å². The van der Waals surface area contributed by atoms with Gasteiger partial charge >= 0.3 is 0 Å². The van der Waals surface area contributed by atoms with Crippen molar-refractivity contribution in [3.05, 3.63) is 21.9 Å². The van der Waals surface area contributed by atoms with Crippen LogP contribution in [0.25, 0.3) is 0 Å². The molecule has 1 amide bonds. The molecule has 130 valence electrons. The van der Waals surface area contributed by atoms with E-state index in [1.54, 1.807) is 0 Å². The van der Waals surface area contributed by atoms with Gasteiger partial charge in [0.1, 0.15) is 0 Å². The Balaban J connectivity index is 1.25. The lowest BCUT2D eigenvalue weighted by atomic mass is 9.53. The molecular weight excluding hydrogens is 316 g/mol. The lowest BCUT2D eigenvalue weighted by Crippen LogP contribution is -2.61. The van der Waals surface area contributed by atoms with Gasteiger partial charge in [0, 0.05) is 23.0 Å². The number of fused-ring (bicyclic) bond motifs is 1. The van der Waals surface area contributed by atoms with Crippen molar-refractivity contribution in [3.8, 4) is 0 Å². The predicted molar refractivity (Wildman–Crippen MR) is 97.1 cm³/mol. The molecule has 2 heterocycles. The first-order valence-corrected chi connectivity index (χ1v) is 10.6. The second-order valence-electron chi connectivity index (χ2n) is 8.94. The standard InChI is InChI=1S/C20H28N2OS/c1-13-17-3-5-24-18(17)2-4-22(13)12-19(23)21-20-9-14-6-15(10-20)8-16(7-14)11-20/h3,5,13-16H,2,4,6-12H2,1H3,(H,21,23)/t13-,14?,15?,16?,20?/m1/s1. The monoisotopic (exact) mass is 344 g/mol. The second kappa shape index (κ2) is 5.57. The SMILES string of the molecule is C[C@@H]1c2ccsc2CCN1CC(=O)NC12CC3CC(CC(C3)C1)C2. The largest absolute Gasteiger partial charge is 0.350 e. The van der Waals surface area contributed by atoms with Gasteiger partial charge in [0.25, 0.3) is 0 Å². The molecule has 4 aliphatic carbocycles. The van der Waals surface area contributed by atoms with Crippen molar-refractivity contribution in [2.24, 2.45) is 17.8 Å². The van der Waals surface area contributed by atoms with Crippen LogP contribution in [0, 0.1) is 17.8 Å². The van der Waals surface area contributed by atoms with Crippen molar-refractivity contribution in [2.45, 2.75) is 63.5 Å². The molecule has 4 bridgehead atoms. The minimum Gasteiger partial charge on any atom is -0.350 e. The van der Waals surface area contributed by atoms with Crippen LogP contribution in [0.5, 0.6) is 0 Å². The third kappa shape index (κ3) is 2.53. The van der Waals surface area contributed by atoms with Gasteiger partial charge in [-0.3, -0.25) is 9.69 Å². The predicted octanol–water partition coefficient (Wildman–Crippen LogP) is 3.75. The van der Waals surface area contributed by atoms with Crippen molar-refractivity contribution in [3.63, 3.8) is 0 Å². The van der Waals surface area contributed by atoms with Crippen molar-refractivity contribution in [2.75, 3.05) is 13.1 Å². The Bertz CT molecular complexity index is 617. The van der Waals surface area contributed by atoms with E-state index in [0.717, 1.165) is 30.7 Å². The minimum atomic E-state index is 0.151. The number of hydrogen-bond donors (Lipinski definition) is 1. The molecule has 1 aliphatic heterocycles. The molecule has 24 heavy (non-hydrogen) atoms. The molecule has 4 heteroatoms. The van der Waals surface area contributed by atoms with Crippen molar-refractivity contribution >= 4 is 17.2 Å². The number of carbonyl (C=O) groups is 1. The summed E-state index contributed by atoms with van der Waals surface area (Å²) in [6, 6.07) is 2.62. The maximum absolute atomic E-state index is 12.8. The number of nitrogens with one attached hydrogen (secondary N) is 1. The van der Waals surface area contributed by atoms with Gasteiger partial charge in [-0.05, 0) is 86.6 Å². The van der Waals surface area contributed by atoms with E-state index < -0.39 is 0 Å². The topological polar surface area (TPSA) is 32.3 Å². The fourth-order valence-electron chi connectivity index (χ4n) is 6.56. The van der Waals surface area contributed by atoms with Gasteiger partial charge in [-0.1, -0.05) is 0 Å². The lowest BCUT2D eigenvalue weighted by Gasteiger charge is -2.57. The maximum Gasteiger partial charge on any atom is 0.234 e. The van der Waals surface area contributed by atoms with Crippen LogP contribution in [0.2, 0.25) is 0 Å². The van der Waals surface area contributed by atoms with Crippen molar-refractivity contribution in [1.29, 1.82) is 0 Å². The highest BCUT2D eigenvalue weighted by atomic mass is 32.1. The van der Waals surface area contributed by atoms with Crippen LogP contribution < -0.4 is 5.32 Å². The van der Waals surface area contributed by atoms with E-state index in [9.17, 15) is 4.79 Å². The summed E-state index contributed by atoms with van der Waals surface area (Å²) in [6.45, 7) is 3.84. The highest BCUT2D eigenvalue weighted by Gasteiger charge is 2.51. The molecule has 0 radical (unpaired) electrons.